The molecule has 19 heteroatoms. The standard InChI is InChI=1S/C70H136O17P2/c1-9-62(7)48-40-32-26-28-35-43-51-68(73)81-57-65(86-69(74)52-44-36-25-21-17-16-19-23-31-39-47-61(5)6)58-84-88(76,77)82-54-64(71)55-83-89(78,79)85-59-66(87-70(75)53-45-37-29-27-33-41-49-63(8)10-2)56-80-67(72)50-42-34-24-20-15-13-11-12-14-18-22-30-38-46-60(3)4/h60-66,71H,9-59H2,1-8H3,(H,76,77)(H,78,79)/t62?,63?,64-,65+,66+/m0/s1. The summed E-state index contributed by atoms with van der Waals surface area (Å²) in [6.45, 7) is 14.1. The minimum atomic E-state index is -4.95. The molecule has 0 aromatic heterocycles. The number of carbonyl (C=O) groups excluding carboxylic acids is 4. The molecular weight excluding hydrogens is 1170 g/mol. The molecular formula is C70H136O17P2. The van der Waals surface area contributed by atoms with Gasteiger partial charge in [-0.15, -0.1) is 0 Å². The van der Waals surface area contributed by atoms with Crippen LogP contribution >= 0.6 is 15.6 Å². The van der Waals surface area contributed by atoms with Crippen LogP contribution in [0.3, 0.4) is 0 Å². The summed E-state index contributed by atoms with van der Waals surface area (Å²) in [5.41, 5.74) is 0. The van der Waals surface area contributed by atoms with Crippen LogP contribution in [0.4, 0.5) is 0 Å². The van der Waals surface area contributed by atoms with E-state index in [1.54, 1.807) is 0 Å². The van der Waals surface area contributed by atoms with Gasteiger partial charge in [-0.2, -0.15) is 0 Å². The first-order valence-corrected chi connectivity index (χ1v) is 39.3. The highest BCUT2D eigenvalue weighted by molar-refractivity contribution is 7.47. The molecule has 0 fully saturated rings. The minimum absolute atomic E-state index is 0.102. The van der Waals surface area contributed by atoms with Crippen LogP contribution < -0.4 is 0 Å². The van der Waals surface area contributed by atoms with Crippen LogP contribution in [0.5, 0.6) is 0 Å². The molecule has 0 aliphatic carbocycles. The van der Waals surface area contributed by atoms with Crippen molar-refractivity contribution in [2.75, 3.05) is 39.6 Å². The van der Waals surface area contributed by atoms with Crippen LogP contribution in [0.1, 0.15) is 344 Å². The predicted octanol–water partition coefficient (Wildman–Crippen LogP) is 19.7. The van der Waals surface area contributed by atoms with Crippen molar-refractivity contribution in [2.45, 2.75) is 363 Å². The van der Waals surface area contributed by atoms with Crippen LogP contribution in [-0.4, -0.2) is 96.7 Å². The molecule has 0 saturated carbocycles. The van der Waals surface area contributed by atoms with E-state index < -0.39 is 97.5 Å². The summed E-state index contributed by atoms with van der Waals surface area (Å²) in [4.78, 5) is 72.5. The van der Waals surface area contributed by atoms with Gasteiger partial charge < -0.3 is 33.8 Å². The monoisotopic (exact) mass is 1310 g/mol. The molecule has 4 unspecified atom stereocenters. The number of aliphatic hydroxyl groups excluding tert-OH is 1. The third kappa shape index (κ3) is 62.0. The zero-order chi connectivity index (χ0) is 66.1. The highest BCUT2D eigenvalue weighted by Crippen LogP contribution is 2.45. The molecule has 528 valence electrons. The Morgan fingerprint density at radius 3 is 0.798 bits per heavy atom. The number of esters is 4. The van der Waals surface area contributed by atoms with Crippen molar-refractivity contribution >= 4 is 39.5 Å². The van der Waals surface area contributed by atoms with Crippen LogP contribution in [0.15, 0.2) is 0 Å². The topological polar surface area (TPSA) is 237 Å². The number of ether oxygens (including phenoxy) is 4. The van der Waals surface area contributed by atoms with Gasteiger partial charge in [-0.25, -0.2) is 9.13 Å². The Morgan fingerprint density at radius 1 is 0.315 bits per heavy atom. The quantitative estimate of drug-likeness (QED) is 0.0222. The lowest BCUT2D eigenvalue weighted by atomic mass is 10.00. The fourth-order valence-electron chi connectivity index (χ4n) is 10.4. The Balaban J connectivity index is 5.23. The number of hydrogen-bond donors (Lipinski definition) is 3. The van der Waals surface area contributed by atoms with Crippen molar-refractivity contribution in [2.24, 2.45) is 23.7 Å². The maximum absolute atomic E-state index is 13.0. The highest BCUT2D eigenvalue weighted by atomic mass is 31.2. The summed E-state index contributed by atoms with van der Waals surface area (Å²) >= 11 is 0. The smallest absolute Gasteiger partial charge is 0.462 e. The SMILES string of the molecule is CCC(C)CCCCCCCCC(=O)OC[C@H](COP(=O)(O)OC[C@H](O)COP(=O)(O)OC[C@@H](COC(=O)CCCCCCCCCCCCCCCC(C)C)OC(=O)CCCCCCCCC(C)CC)OC(=O)CCCCCCCCCCCCC(C)C. The largest absolute Gasteiger partial charge is 0.472 e. The lowest BCUT2D eigenvalue weighted by Crippen LogP contribution is -2.30. The first-order chi connectivity index (χ1) is 42.7. The molecule has 0 bridgehead atoms. The molecule has 7 atom stereocenters. The molecule has 17 nitrogen and oxygen atoms in total. The lowest BCUT2D eigenvalue weighted by molar-refractivity contribution is -0.161. The Morgan fingerprint density at radius 2 is 0.539 bits per heavy atom. The van der Waals surface area contributed by atoms with Gasteiger partial charge in [0.15, 0.2) is 12.2 Å². The van der Waals surface area contributed by atoms with Crippen molar-refractivity contribution in [3.63, 3.8) is 0 Å². The summed E-state index contributed by atoms with van der Waals surface area (Å²) in [7, 11) is -9.90. The Bertz CT molecular complexity index is 1770. The molecule has 0 aliphatic rings. The minimum Gasteiger partial charge on any atom is -0.462 e. The van der Waals surface area contributed by atoms with E-state index in [0.717, 1.165) is 120 Å². The van der Waals surface area contributed by atoms with Gasteiger partial charge in [0.1, 0.15) is 19.3 Å². The van der Waals surface area contributed by atoms with E-state index in [-0.39, 0.29) is 25.7 Å². The van der Waals surface area contributed by atoms with E-state index in [1.165, 1.54) is 141 Å². The number of phosphoric acid groups is 2. The molecule has 0 heterocycles. The zero-order valence-electron chi connectivity index (χ0n) is 58.1. The molecule has 0 aliphatic heterocycles. The molecule has 0 spiro atoms. The highest BCUT2D eigenvalue weighted by Gasteiger charge is 2.30. The van der Waals surface area contributed by atoms with E-state index in [9.17, 15) is 43.2 Å². The molecule has 0 saturated heterocycles. The second-order valence-electron chi connectivity index (χ2n) is 26.7. The van der Waals surface area contributed by atoms with Crippen molar-refractivity contribution in [1.29, 1.82) is 0 Å². The number of carbonyl (C=O) groups is 4. The van der Waals surface area contributed by atoms with Crippen molar-refractivity contribution in [3.8, 4) is 0 Å². The Hall–Kier alpha value is -1.94. The van der Waals surface area contributed by atoms with E-state index in [0.29, 0.717) is 25.7 Å². The van der Waals surface area contributed by atoms with Crippen LogP contribution in [0.2, 0.25) is 0 Å². The first kappa shape index (κ1) is 87.1. The van der Waals surface area contributed by atoms with Crippen molar-refractivity contribution in [3.05, 3.63) is 0 Å². The summed E-state index contributed by atoms with van der Waals surface area (Å²) in [5.74, 6) is 0.861. The molecule has 0 aromatic rings. The maximum Gasteiger partial charge on any atom is 0.472 e. The van der Waals surface area contributed by atoms with Crippen LogP contribution in [0, 0.1) is 23.7 Å². The Labute approximate surface area is 543 Å². The zero-order valence-corrected chi connectivity index (χ0v) is 59.8. The van der Waals surface area contributed by atoms with Gasteiger partial charge in [0.2, 0.25) is 0 Å². The average molecular weight is 1310 g/mol. The van der Waals surface area contributed by atoms with Crippen LogP contribution in [-0.2, 0) is 65.4 Å². The van der Waals surface area contributed by atoms with E-state index in [2.05, 4.69) is 55.4 Å². The second kappa shape index (κ2) is 59.8. The van der Waals surface area contributed by atoms with E-state index >= 15 is 0 Å². The van der Waals surface area contributed by atoms with Gasteiger partial charge in [-0.1, -0.05) is 293 Å². The molecule has 89 heavy (non-hydrogen) atoms. The van der Waals surface area contributed by atoms with Gasteiger partial charge in [-0.05, 0) is 49.4 Å². The third-order valence-corrected chi connectivity index (χ3v) is 18.7. The average Bonchev–Trinajstić information content (AvgIpc) is 3.50. The number of unbranched alkanes of at least 4 members (excludes halogenated alkanes) is 31. The molecule has 0 radical (unpaired) electrons. The van der Waals surface area contributed by atoms with Gasteiger partial charge in [0.05, 0.1) is 26.4 Å². The number of hydrogen-bond acceptors (Lipinski definition) is 15. The summed E-state index contributed by atoms with van der Waals surface area (Å²) in [6, 6.07) is 0. The third-order valence-electron chi connectivity index (χ3n) is 16.8. The maximum atomic E-state index is 13.0. The molecule has 3 N–H and O–H groups in total. The summed E-state index contributed by atoms with van der Waals surface area (Å²) in [5, 5.41) is 10.6. The van der Waals surface area contributed by atoms with Gasteiger partial charge in [-0.3, -0.25) is 37.3 Å². The normalized spacial score (nSPS) is 14.9. The van der Waals surface area contributed by atoms with Crippen LogP contribution in [0.25, 0.3) is 0 Å². The van der Waals surface area contributed by atoms with Crippen molar-refractivity contribution < 1.29 is 80.2 Å². The summed E-state index contributed by atoms with van der Waals surface area (Å²) in [6.07, 6.45) is 41.7. The molecule has 0 amide bonds. The molecule has 0 rings (SSSR count). The number of rotatable bonds is 67. The first-order valence-electron chi connectivity index (χ1n) is 36.3. The fraction of sp³-hybridized carbons (Fsp3) is 0.943. The lowest BCUT2D eigenvalue weighted by Gasteiger charge is -2.21. The second-order valence-corrected chi connectivity index (χ2v) is 29.6. The van der Waals surface area contributed by atoms with E-state index in [1.807, 2.05) is 0 Å². The van der Waals surface area contributed by atoms with Gasteiger partial charge in [0, 0.05) is 25.7 Å². The number of phosphoric ester groups is 2. The molecule has 0 aromatic carbocycles. The number of aliphatic hydroxyl groups is 1. The van der Waals surface area contributed by atoms with E-state index in [4.69, 9.17) is 37.0 Å². The predicted molar refractivity (Wildman–Crippen MR) is 358 cm³/mol. The summed E-state index contributed by atoms with van der Waals surface area (Å²) < 4.78 is 68.3. The van der Waals surface area contributed by atoms with Crippen molar-refractivity contribution in [1.82, 2.24) is 0 Å². The Kier molecular flexibility index (Phi) is 58.5. The fourth-order valence-corrected chi connectivity index (χ4v) is 12.0. The van der Waals surface area contributed by atoms with Gasteiger partial charge >= 0.3 is 39.5 Å². The van der Waals surface area contributed by atoms with Gasteiger partial charge in [0.25, 0.3) is 0 Å².